The molecule has 0 atom stereocenters. The van der Waals surface area contributed by atoms with Gasteiger partial charge in [0.25, 0.3) is 5.89 Å². The van der Waals surface area contributed by atoms with Crippen LogP contribution in [0.1, 0.15) is 11.1 Å². The summed E-state index contributed by atoms with van der Waals surface area (Å²) in [6, 6.07) is 8.82. The minimum absolute atomic E-state index is 0.214. The largest absolute Gasteiger partial charge is 0.508 e. The zero-order valence-electron chi connectivity index (χ0n) is 11.2. The highest BCUT2D eigenvalue weighted by molar-refractivity contribution is 5.63. The van der Waals surface area contributed by atoms with Crippen molar-refractivity contribution in [2.24, 2.45) is 0 Å². The number of rotatable bonds is 2. The van der Waals surface area contributed by atoms with Crippen molar-refractivity contribution in [2.45, 2.75) is 13.8 Å². The SMILES string of the molecule is Cc1cc(O)ccc1-c1nc(-c2ncccc2C)no1. The number of benzene rings is 1. The van der Waals surface area contributed by atoms with Crippen LogP contribution in [-0.4, -0.2) is 20.2 Å². The molecule has 0 saturated heterocycles. The van der Waals surface area contributed by atoms with Crippen molar-refractivity contribution in [2.75, 3.05) is 0 Å². The molecule has 2 heterocycles. The second-order valence-electron chi connectivity index (χ2n) is 4.59. The fourth-order valence-electron chi connectivity index (χ4n) is 2.04. The van der Waals surface area contributed by atoms with Gasteiger partial charge in [-0.15, -0.1) is 0 Å². The van der Waals surface area contributed by atoms with Crippen LogP contribution in [0.5, 0.6) is 5.75 Å². The Morgan fingerprint density at radius 1 is 1.10 bits per heavy atom. The Morgan fingerprint density at radius 2 is 1.95 bits per heavy atom. The Labute approximate surface area is 115 Å². The van der Waals surface area contributed by atoms with Gasteiger partial charge in [-0.3, -0.25) is 4.98 Å². The van der Waals surface area contributed by atoms with Gasteiger partial charge in [0.1, 0.15) is 11.4 Å². The molecular weight excluding hydrogens is 254 g/mol. The molecule has 0 aliphatic heterocycles. The van der Waals surface area contributed by atoms with E-state index < -0.39 is 0 Å². The van der Waals surface area contributed by atoms with Gasteiger partial charge in [-0.25, -0.2) is 0 Å². The summed E-state index contributed by atoms with van der Waals surface area (Å²) in [7, 11) is 0. The molecule has 0 saturated carbocycles. The van der Waals surface area contributed by atoms with Crippen LogP contribution in [0.15, 0.2) is 41.1 Å². The second-order valence-corrected chi connectivity index (χ2v) is 4.59. The fraction of sp³-hybridized carbons (Fsp3) is 0.133. The first-order valence-electron chi connectivity index (χ1n) is 6.21. The van der Waals surface area contributed by atoms with Crippen LogP contribution >= 0.6 is 0 Å². The average Bonchev–Trinajstić information content (AvgIpc) is 2.88. The molecule has 5 heteroatoms. The molecular formula is C15H13N3O2. The third-order valence-electron chi connectivity index (χ3n) is 3.09. The van der Waals surface area contributed by atoms with E-state index in [2.05, 4.69) is 15.1 Å². The van der Waals surface area contributed by atoms with Crippen LogP contribution in [0.3, 0.4) is 0 Å². The van der Waals surface area contributed by atoms with E-state index in [1.807, 2.05) is 26.0 Å². The monoisotopic (exact) mass is 267 g/mol. The minimum atomic E-state index is 0.214. The lowest BCUT2D eigenvalue weighted by molar-refractivity contribution is 0.431. The summed E-state index contributed by atoms with van der Waals surface area (Å²) in [4.78, 5) is 8.65. The number of phenols is 1. The van der Waals surface area contributed by atoms with E-state index >= 15 is 0 Å². The third-order valence-corrected chi connectivity index (χ3v) is 3.09. The molecule has 0 aliphatic rings. The van der Waals surface area contributed by atoms with Crippen molar-refractivity contribution < 1.29 is 9.63 Å². The molecule has 20 heavy (non-hydrogen) atoms. The van der Waals surface area contributed by atoms with Gasteiger partial charge in [-0.2, -0.15) is 4.98 Å². The summed E-state index contributed by atoms with van der Waals surface area (Å²) < 4.78 is 5.30. The van der Waals surface area contributed by atoms with Crippen molar-refractivity contribution in [3.05, 3.63) is 47.7 Å². The van der Waals surface area contributed by atoms with E-state index in [4.69, 9.17) is 4.52 Å². The molecule has 0 spiro atoms. The Balaban J connectivity index is 2.04. The highest BCUT2D eigenvalue weighted by Gasteiger charge is 2.14. The number of hydrogen-bond acceptors (Lipinski definition) is 5. The van der Waals surface area contributed by atoms with E-state index in [1.54, 1.807) is 24.4 Å². The van der Waals surface area contributed by atoms with Gasteiger partial charge in [-0.05, 0) is 49.2 Å². The summed E-state index contributed by atoms with van der Waals surface area (Å²) in [6.45, 7) is 3.83. The number of hydrogen-bond donors (Lipinski definition) is 1. The molecule has 0 radical (unpaired) electrons. The zero-order chi connectivity index (χ0) is 14.1. The first-order valence-corrected chi connectivity index (χ1v) is 6.21. The predicted molar refractivity (Wildman–Crippen MR) is 74.1 cm³/mol. The fourth-order valence-corrected chi connectivity index (χ4v) is 2.04. The lowest BCUT2D eigenvalue weighted by Gasteiger charge is -2.00. The first kappa shape index (κ1) is 12.3. The van der Waals surface area contributed by atoms with Crippen LogP contribution in [0, 0.1) is 13.8 Å². The summed E-state index contributed by atoms with van der Waals surface area (Å²) >= 11 is 0. The average molecular weight is 267 g/mol. The first-order chi connectivity index (χ1) is 9.65. The molecule has 3 aromatic rings. The third kappa shape index (κ3) is 2.14. The number of nitrogens with zero attached hydrogens (tertiary/aromatic N) is 3. The summed E-state index contributed by atoms with van der Waals surface area (Å²) in [6.07, 6.45) is 1.70. The molecule has 3 rings (SSSR count). The van der Waals surface area contributed by atoms with E-state index in [9.17, 15) is 5.11 Å². The Morgan fingerprint density at radius 3 is 2.70 bits per heavy atom. The number of aryl methyl sites for hydroxylation is 2. The molecule has 0 fully saturated rings. The van der Waals surface area contributed by atoms with Crippen molar-refractivity contribution >= 4 is 0 Å². The predicted octanol–water partition coefficient (Wildman–Crippen LogP) is 3.12. The minimum Gasteiger partial charge on any atom is -0.508 e. The van der Waals surface area contributed by atoms with E-state index in [-0.39, 0.29) is 5.75 Å². The number of aromatic hydroxyl groups is 1. The molecule has 5 nitrogen and oxygen atoms in total. The van der Waals surface area contributed by atoms with Crippen molar-refractivity contribution in [1.29, 1.82) is 0 Å². The van der Waals surface area contributed by atoms with Gasteiger partial charge in [0.2, 0.25) is 5.82 Å². The highest BCUT2D eigenvalue weighted by Crippen LogP contribution is 2.27. The lowest BCUT2D eigenvalue weighted by atomic mass is 10.1. The summed E-state index contributed by atoms with van der Waals surface area (Å²) in [5, 5.41) is 13.4. The zero-order valence-corrected chi connectivity index (χ0v) is 11.2. The normalized spacial score (nSPS) is 10.7. The molecule has 100 valence electrons. The Hall–Kier alpha value is -2.69. The van der Waals surface area contributed by atoms with Gasteiger partial charge in [0, 0.05) is 11.8 Å². The summed E-state index contributed by atoms with van der Waals surface area (Å²) in [5.41, 5.74) is 3.37. The maximum Gasteiger partial charge on any atom is 0.258 e. The highest BCUT2D eigenvalue weighted by atomic mass is 16.5. The van der Waals surface area contributed by atoms with Gasteiger partial charge >= 0.3 is 0 Å². The Kier molecular flexibility index (Phi) is 2.95. The van der Waals surface area contributed by atoms with Gasteiger partial charge in [-0.1, -0.05) is 11.2 Å². The second kappa shape index (κ2) is 4.77. The van der Waals surface area contributed by atoms with Crippen LogP contribution in [0.4, 0.5) is 0 Å². The van der Waals surface area contributed by atoms with Crippen molar-refractivity contribution in [3.63, 3.8) is 0 Å². The Bertz CT molecular complexity index is 765. The van der Waals surface area contributed by atoms with Gasteiger partial charge < -0.3 is 9.63 Å². The van der Waals surface area contributed by atoms with Crippen LogP contribution in [-0.2, 0) is 0 Å². The number of aromatic nitrogens is 3. The van der Waals surface area contributed by atoms with E-state index in [1.165, 1.54) is 0 Å². The van der Waals surface area contributed by atoms with E-state index in [0.29, 0.717) is 17.4 Å². The van der Waals surface area contributed by atoms with Crippen LogP contribution in [0.25, 0.3) is 23.0 Å². The van der Waals surface area contributed by atoms with Crippen LogP contribution < -0.4 is 0 Å². The van der Waals surface area contributed by atoms with Gasteiger partial charge in [0.15, 0.2) is 0 Å². The molecule has 0 aliphatic carbocycles. The maximum atomic E-state index is 9.43. The smallest absolute Gasteiger partial charge is 0.258 e. The molecule has 2 aromatic heterocycles. The molecule has 0 amide bonds. The van der Waals surface area contributed by atoms with Crippen LogP contribution in [0.2, 0.25) is 0 Å². The topological polar surface area (TPSA) is 72.0 Å². The standard InChI is InChI=1S/C15H13N3O2/c1-9-4-3-7-16-13(9)14-17-15(20-18-14)12-6-5-11(19)8-10(12)2/h3-8,19H,1-2H3. The molecule has 1 aromatic carbocycles. The molecule has 1 N–H and O–H groups in total. The van der Waals surface area contributed by atoms with Gasteiger partial charge in [0.05, 0.1) is 0 Å². The van der Waals surface area contributed by atoms with Crippen molar-refractivity contribution in [3.8, 4) is 28.7 Å². The molecule has 0 unspecified atom stereocenters. The quantitative estimate of drug-likeness (QED) is 0.772. The lowest BCUT2D eigenvalue weighted by Crippen LogP contribution is -1.89. The number of phenolic OH excluding ortho intramolecular Hbond substituents is 1. The maximum absolute atomic E-state index is 9.43. The van der Waals surface area contributed by atoms with Crippen molar-refractivity contribution in [1.82, 2.24) is 15.1 Å². The summed E-state index contributed by atoms with van der Waals surface area (Å²) in [5.74, 6) is 1.10. The number of pyridine rings is 1. The van der Waals surface area contributed by atoms with E-state index in [0.717, 1.165) is 16.7 Å². The molecule has 0 bridgehead atoms.